The number of benzene rings is 1. The Balaban J connectivity index is 1.60. The van der Waals surface area contributed by atoms with Crippen LogP contribution in [0.3, 0.4) is 0 Å². The van der Waals surface area contributed by atoms with Gasteiger partial charge in [-0.2, -0.15) is 5.26 Å². The summed E-state index contributed by atoms with van der Waals surface area (Å²) < 4.78 is 5.29. The van der Waals surface area contributed by atoms with Gasteiger partial charge in [0.05, 0.1) is 24.6 Å². The van der Waals surface area contributed by atoms with Crippen molar-refractivity contribution in [3.8, 4) is 6.07 Å². The van der Waals surface area contributed by atoms with Gasteiger partial charge in [0.1, 0.15) is 11.8 Å². The topological polar surface area (TPSA) is 134 Å². The number of nitriles is 1. The van der Waals surface area contributed by atoms with Gasteiger partial charge in [0.2, 0.25) is 0 Å². The SMILES string of the molecule is N#CC1(c2ccc(N3CC(CN/C=C(\N)C(N)=O)OC3=O)cc2)CC1. The van der Waals surface area contributed by atoms with Crippen molar-refractivity contribution < 1.29 is 14.3 Å². The van der Waals surface area contributed by atoms with E-state index in [0.717, 1.165) is 24.1 Å². The zero-order valence-electron chi connectivity index (χ0n) is 13.6. The third-order valence-electron chi connectivity index (χ3n) is 4.46. The molecule has 1 heterocycles. The van der Waals surface area contributed by atoms with Crippen molar-refractivity contribution in [2.24, 2.45) is 11.5 Å². The van der Waals surface area contributed by atoms with Gasteiger partial charge in [-0.15, -0.1) is 0 Å². The summed E-state index contributed by atoms with van der Waals surface area (Å²) >= 11 is 0. The zero-order valence-corrected chi connectivity index (χ0v) is 13.6. The predicted molar refractivity (Wildman–Crippen MR) is 90.0 cm³/mol. The Morgan fingerprint density at radius 3 is 2.64 bits per heavy atom. The van der Waals surface area contributed by atoms with Gasteiger partial charge in [-0.05, 0) is 30.5 Å². The van der Waals surface area contributed by atoms with E-state index in [1.807, 2.05) is 24.3 Å². The second kappa shape index (κ2) is 6.36. The van der Waals surface area contributed by atoms with E-state index in [0.29, 0.717) is 13.1 Å². The highest BCUT2D eigenvalue weighted by Crippen LogP contribution is 2.47. The highest BCUT2D eigenvalue weighted by molar-refractivity contribution is 5.91. The molecule has 1 aromatic carbocycles. The van der Waals surface area contributed by atoms with E-state index < -0.39 is 12.0 Å². The van der Waals surface area contributed by atoms with Gasteiger partial charge in [-0.25, -0.2) is 4.79 Å². The van der Waals surface area contributed by atoms with Crippen molar-refractivity contribution in [1.82, 2.24) is 5.32 Å². The maximum Gasteiger partial charge on any atom is 0.414 e. The molecule has 2 fully saturated rings. The molecule has 1 unspecified atom stereocenters. The van der Waals surface area contributed by atoms with Crippen molar-refractivity contribution in [2.45, 2.75) is 24.4 Å². The van der Waals surface area contributed by atoms with Crippen LogP contribution in [0, 0.1) is 11.3 Å². The predicted octanol–water partition coefficient (Wildman–Crippen LogP) is 0.442. The third kappa shape index (κ3) is 3.35. The number of hydrogen-bond acceptors (Lipinski definition) is 6. The number of nitrogens with zero attached hydrogens (tertiary/aromatic N) is 2. The number of cyclic esters (lactones) is 1. The van der Waals surface area contributed by atoms with Gasteiger partial charge in [0.15, 0.2) is 0 Å². The molecule has 1 saturated carbocycles. The molecular formula is C17H19N5O3. The molecule has 0 radical (unpaired) electrons. The van der Waals surface area contributed by atoms with Crippen LogP contribution in [-0.4, -0.2) is 31.2 Å². The Morgan fingerprint density at radius 1 is 1.40 bits per heavy atom. The number of rotatable bonds is 6. The molecular weight excluding hydrogens is 322 g/mol. The average Bonchev–Trinajstić information content (AvgIpc) is 3.32. The summed E-state index contributed by atoms with van der Waals surface area (Å²) in [5.41, 5.74) is 11.7. The Labute approximate surface area is 145 Å². The number of primary amides is 1. The highest BCUT2D eigenvalue weighted by atomic mass is 16.6. The fraction of sp³-hybridized carbons (Fsp3) is 0.353. The molecule has 3 rings (SSSR count). The summed E-state index contributed by atoms with van der Waals surface area (Å²) in [7, 11) is 0. The van der Waals surface area contributed by atoms with E-state index in [9.17, 15) is 14.9 Å². The number of carbonyl (C=O) groups excluding carboxylic acids is 2. The smallest absolute Gasteiger partial charge is 0.414 e. The molecule has 2 aliphatic rings. The average molecular weight is 341 g/mol. The van der Waals surface area contributed by atoms with Crippen LogP contribution in [0.5, 0.6) is 0 Å². The number of amides is 2. The Bertz CT molecular complexity index is 761. The Morgan fingerprint density at radius 2 is 2.08 bits per heavy atom. The van der Waals surface area contributed by atoms with Crippen molar-refractivity contribution in [2.75, 3.05) is 18.0 Å². The number of ether oxygens (including phenoxy) is 1. The second-order valence-corrected chi connectivity index (χ2v) is 6.23. The van der Waals surface area contributed by atoms with Gasteiger partial charge in [0.25, 0.3) is 5.91 Å². The number of carbonyl (C=O) groups is 2. The summed E-state index contributed by atoms with van der Waals surface area (Å²) in [6, 6.07) is 9.79. The molecule has 1 atom stereocenters. The summed E-state index contributed by atoms with van der Waals surface area (Å²) in [5, 5.41) is 12.1. The lowest BCUT2D eigenvalue weighted by atomic mass is 9.97. The Hall–Kier alpha value is -3.21. The van der Waals surface area contributed by atoms with E-state index in [-0.39, 0.29) is 17.2 Å². The van der Waals surface area contributed by atoms with Gasteiger partial charge in [-0.3, -0.25) is 9.69 Å². The van der Waals surface area contributed by atoms with Crippen LogP contribution < -0.4 is 21.7 Å². The van der Waals surface area contributed by atoms with Gasteiger partial charge >= 0.3 is 6.09 Å². The summed E-state index contributed by atoms with van der Waals surface area (Å²) in [5.74, 6) is -0.719. The van der Waals surface area contributed by atoms with Crippen LogP contribution in [0.15, 0.2) is 36.2 Å². The van der Waals surface area contributed by atoms with Crippen LogP contribution in [0.2, 0.25) is 0 Å². The van der Waals surface area contributed by atoms with Crippen LogP contribution in [0.1, 0.15) is 18.4 Å². The first-order valence-corrected chi connectivity index (χ1v) is 7.94. The van der Waals surface area contributed by atoms with Crippen LogP contribution in [0.4, 0.5) is 10.5 Å². The largest absolute Gasteiger partial charge is 0.442 e. The molecule has 1 aliphatic carbocycles. The van der Waals surface area contributed by atoms with Crippen LogP contribution in [0.25, 0.3) is 0 Å². The van der Waals surface area contributed by atoms with Crippen LogP contribution >= 0.6 is 0 Å². The molecule has 1 aromatic rings. The molecule has 0 spiro atoms. The minimum atomic E-state index is -0.719. The number of nitrogens with one attached hydrogen (secondary N) is 1. The summed E-state index contributed by atoms with van der Waals surface area (Å²) in [6.45, 7) is 0.685. The first-order valence-electron chi connectivity index (χ1n) is 7.94. The molecule has 1 saturated heterocycles. The van der Waals surface area contributed by atoms with Crippen LogP contribution in [-0.2, 0) is 14.9 Å². The quantitative estimate of drug-likeness (QED) is 0.643. The minimum absolute atomic E-state index is 0.0942. The fourth-order valence-electron chi connectivity index (χ4n) is 2.76. The molecule has 8 heteroatoms. The van der Waals surface area contributed by atoms with E-state index in [2.05, 4.69) is 11.4 Å². The van der Waals surface area contributed by atoms with Gasteiger partial charge < -0.3 is 21.5 Å². The van der Waals surface area contributed by atoms with E-state index in [1.165, 1.54) is 11.1 Å². The van der Waals surface area contributed by atoms with Crippen molar-refractivity contribution in [3.63, 3.8) is 0 Å². The monoisotopic (exact) mass is 341 g/mol. The maximum absolute atomic E-state index is 12.1. The Kier molecular flexibility index (Phi) is 4.23. The lowest BCUT2D eigenvalue weighted by Gasteiger charge is -2.14. The highest BCUT2D eigenvalue weighted by Gasteiger charge is 2.44. The molecule has 5 N–H and O–H groups in total. The van der Waals surface area contributed by atoms with Gasteiger partial charge in [0, 0.05) is 11.9 Å². The normalized spacial score (nSPS) is 21.4. The van der Waals surface area contributed by atoms with E-state index >= 15 is 0 Å². The molecule has 0 aromatic heterocycles. The third-order valence-corrected chi connectivity index (χ3v) is 4.46. The first-order chi connectivity index (χ1) is 11.9. The van der Waals surface area contributed by atoms with Crippen molar-refractivity contribution in [3.05, 3.63) is 41.7 Å². The van der Waals surface area contributed by atoms with E-state index in [1.54, 1.807) is 0 Å². The lowest BCUT2D eigenvalue weighted by Crippen LogP contribution is -2.30. The summed E-state index contributed by atoms with van der Waals surface area (Å²) in [4.78, 5) is 24.4. The lowest BCUT2D eigenvalue weighted by molar-refractivity contribution is -0.114. The number of nitrogens with two attached hydrogens (primary N) is 2. The minimum Gasteiger partial charge on any atom is -0.442 e. The summed E-state index contributed by atoms with van der Waals surface area (Å²) in [6.07, 6.45) is 2.24. The maximum atomic E-state index is 12.1. The molecule has 25 heavy (non-hydrogen) atoms. The molecule has 0 bridgehead atoms. The fourth-order valence-corrected chi connectivity index (χ4v) is 2.76. The molecule has 2 amide bonds. The van der Waals surface area contributed by atoms with Crippen molar-refractivity contribution >= 4 is 17.7 Å². The van der Waals surface area contributed by atoms with Gasteiger partial charge in [-0.1, -0.05) is 12.1 Å². The zero-order chi connectivity index (χ0) is 18.0. The standard InChI is InChI=1S/C17H19N5O3/c18-10-17(5-6-17)11-1-3-12(4-2-11)22-9-13(25-16(22)24)7-21-8-14(19)15(20)23/h1-4,8,13,21H,5-7,9,19H2,(H2,20,23)/b14-8-. The van der Waals surface area contributed by atoms with Crippen molar-refractivity contribution in [1.29, 1.82) is 5.26 Å². The molecule has 130 valence electrons. The number of anilines is 1. The molecule has 1 aliphatic heterocycles. The van der Waals surface area contributed by atoms with E-state index in [4.69, 9.17) is 16.2 Å². The molecule has 8 nitrogen and oxygen atoms in total. The number of hydrogen-bond donors (Lipinski definition) is 3. The first kappa shape index (κ1) is 16.6. The second-order valence-electron chi connectivity index (χ2n) is 6.23.